The zero-order valence-electron chi connectivity index (χ0n) is 12.7. The van der Waals surface area contributed by atoms with Crippen LogP contribution in [0, 0.1) is 13.8 Å². The van der Waals surface area contributed by atoms with Gasteiger partial charge in [-0.25, -0.2) is 4.98 Å². The molecule has 2 heterocycles. The average Bonchev–Trinajstić information content (AvgIpc) is 3.00. The van der Waals surface area contributed by atoms with Crippen LogP contribution in [0.15, 0.2) is 12.3 Å². The summed E-state index contributed by atoms with van der Waals surface area (Å²) in [6, 6.07) is 2.28. The first kappa shape index (κ1) is 15.5. The minimum Gasteiger partial charge on any atom is -0.349 e. The third-order valence-corrected chi connectivity index (χ3v) is 5.60. The standard InChI is InChI=1S/C15H23N3S2/c1-5-18(6-2)15-17-10-14(20-15)9-16-8-13-7-11(3)12(4)19-13/h7,10,16H,5-6,8-9H2,1-4H3. The second-order valence-corrected chi connectivity index (χ2v) is 7.27. The van der Waals surface area contributed by atoms with Gasteiger partial charge in [0, 0.05) is 47.0 Å². The third-order valence-electron chi connectivity index (χ3n) is 3.39. The molecule has 0 saturated carbocycles. The largest absolute Gasteiger partial charge is 0.349 e. The van der Waals surface area contributed by atoms with E-state index in [1.807, 2.05) is 17.5 Å². The summed E-state index contributed by atoms with van der Waals surface area (Å²) in [5.74, 6) is 0. The molecule has 2 aromatic rings. The van der Waals surface area contributed by atoms with Gasteiger partial charge in [0.1, 0.15) is 0 Å². The van der Waals surface area contributed by atoms with E-state index in [4.69, 9.17) is 0 Å². The number of rotatable bonds is 7. The Morgan fingerprint density at radius 2 is 1.80 bits per heavy atom. The molecule has 1 N–H and O–H groups in total. The Morgan fingerprint density at radius 1 is 1.10 bits per heavy atom. The lowest BCUT2D eigenvalue weighted by Gasteiger charge is -2.16. The molecule has 20 heavy (non-hydrogen) atoms. The SMILES string of the molecule is CCN(CC)c1ncc(CNCc2cc(C)c(C)s2)s1. The van der Waals surface area contributed by atoms with Crippen molar-refractivity contribution in [1.82, 2.24) is 10.3 Å². The van der Waals surface area contributed by atoms with Gasteiger partial charge in [-0.05, 0) is 39.3 Å². The highest BCUT2D eigenvalue weighted by atomic mass is 32.1. The summed E-state index contributed by atoms with van der Waals surface area (Å²) >= 11 is 3.67. The fraction of sp³-hybridized carbons (Fsp3) is 0.533. The van der Waals surface area contributed by atoms with Gasteiger partial charge in [-0.2, -0.15) is 0 Å². The number of nitrogens with zero attached hydrogens (tertiary/aromatic N) is 2. The molecule has 0 amide bonds. The van der Waals surface area contributed by atoms with Gasteiger partial charge in [0.2, 0.25) is 0 Å². The molecule has 2 aromatic heterocycles. The van der Waals surface area contributed by atoms with Crippen LogP contribution in [0.1, 0.15) is 34.0 Å². The third kappa shape index (κ3) is 3.81. The quantitative estimate of drug-likeness (QED) is 0.839. The van der Waals surface area contributed by atoms with E-state index in [2.05, 4.69) is 49.0 Å². The van der Waals surface area contributed by atoms with Crippen molar-refractivity contribution in [3.63, 3.8) is 0 Å². The van der Waals surface area contributed by atoms with E-state index < -0.39 is 0 Å². The van der Waals surface area contributed by atoms with Crippen molar-refractivity contribution in [1.29, 1.82) is 0 Å². The summed E-state index contributed by atoms with van der Waals surface area (Å²) in [6.07, 6.45) is 2.00. The molecule has 0 bridgehead atoms. The minimum absolute atomic E-state index is 0.898. The molecule has 0 atom stereocenters. The lowest BCUT2D eigenvalue weighted by atomic mass is 10.3. The van der Waals surface area contributed by atoms with Crippen molar-refractivity contribution in [2.45, 2.75) is 40.8 Å². The van der Waals surface area contributed by atoms with E-state index in [1.54, 1.807) is 11.3 Å². The maximum atomic E-state index is 4.51. The van der Waals surface area contributed by atoms with Crippen LogP contribution >= 0.6 is 22.7 Å². The zero-order chi connectivity index (χ0) is 14.5. The van der Waals surface area contributed by atoms with Crippen molar-refractivity contribution in [2.75, 3.05) is 18.0 Å². The zero-order valence-corrected chi connectivity index (χ0v) is 14.3. The van der Waals surface area contributed by atoms with Crippen LogP contribution < -0.4 is 10.2 Å². The molecule has 0 fully saturated rings. The highest BCUT2D eigenvalue weighted by Crippen LogP contribution is 2.23. The number of thiazole rings is 1. The normalized spacial score (nSPS) is 11.0. The first-order valence-corrected chi connectivity index (χ1v) is 8.73. The minimum atomic E-state index is 0.898. The molecular weight excluding hydrogens is 286 g/mol. The number of thiophene rings is 1. The predicted molar refractivity (Wildman–Crippen MR) is 90.0 cm³/mol. The maximum absolute atomic E-state index is 4.51. The summed E-state index contributed by atoms with van der Waals surface area (Å²) in [5.41, 5.74) is 1.40. The van der Waals surface area contributed by atoms with E-state index in [0.717, 1.165) is 31.3 Å². The lowest BCUT2D eigenvalue weighted by Crippen LogP contribution is -2.21. The summed E-state index contributed by atoms with van der Waals surface area (Å²) in [7, 11) is 0. The van der Waals surface area contributed by atoms with Crippen molar-refractivity contribution >= 4 is 27.8 Å². The van der Waals surface area contributed by atoms with Gasteiger partial charge in [0.25, 0.3) is 0 Å². The summed E-state index contributed by atoms with van der Waals surface area (Å²) in [5, 5.41) is 4.64. The molecule has 110 valence electrons. The Hall–Kier alpha value is -0.910. The number of aryl methyl sites for hydroxylation is 2. The summed E-state index contributed by atoms with van der Waals surface area (Å²) < 4.78 is 0. The van der Waals surface area contributed by atoms with Crippen molar-refractivity contribution in [3.05, 3.63) is 32.5 Å². The van der Waals surface area contributed by atoms with Gasteiger partial charge in [0.15, 0.2) is 5.13 Å². The van der Waals surface area contributed by atoms with E-state index >= 15 is 0 Å². The highest BCUT2D eigenvalue weighted by molar-refractivity contribution is 7.15. The Labute approximate surface area is 129 Å². The van der Waals surface area contributed by atoms with Crippen molar-refractivity contribution in [3.8, 4) is 0 Å². The molecule has 5 heteroatoms. The monoisotopic (exact) mass is 309 g/mol. The number of nitrogens with one attached hydrogen (secondary N) is 1. The number of aromatic nitrogens is 1. The van der Waals surface area contributed by atoms with Gasteiger partial charge in [-0.3, -0.25) is 0 Å². The molecule has 3 nitrogen and oxygen atoms in total. The molecule has 0 aliphatic carbocycles. The highest BCUT2D eigenvalue weighted by Gasteiger charge is 2.07. The molecule has 2 rings (SSSR count). The second kappa shape index (κ2) is 7.20. The van der Waals surface area contributed by atoms with Crippen LogP contribution in [0.2, 0.25) is 0 Å². The molecule has 0 aromatic carbocycles. The van der Waals surface area contributed by atoms with Crippen LogP contribution in [0.3, 0.4) is 0 Å². The Bertz CT molecular complexity index is 522. The average molecular weight is 310 g/mol. The second-order valence-electron chi connectivity index (χ2n) is 4.84. The molecule has 0 radical (unpaired) electrons. The fourth-order valence-electron chi connectivity index (χ4n) is 2.06. The van der Waals surface area contributed by atoms with E-state index in [9.17, 15) is 0 Å². The molecule has 0 aliphatic heterocycles. The first-order valence-electron chi connectivity index (χ1n) is 7.10. The number of hydrogen-bond acceptors (Lipinski definition) is 5. The first-order chi connectivity index (χ1) is 9.63. The van der Waals surface area contributed by atoms with Crippen molar-refractivity contribution < 1.29 is 0 Å². The van der Waals surface area contributed by atoms with Gasteiger partial charge in [-0.1, -0.05) is 0 Å². The molecule has 0 saturated heterocycles. The van der Waals surface area contributed by atoms with Gasteiger partial charge < -0.3 is 10.2 Å². The van der Waals surface area contributed by atoms with Crippen molar-refractivity contribution in [2.24, 2.45) is 0 Å². The molecule has 0 aliphatic rings. The Balaban J connectivity index is 1.85. The van der Waals surface area contributed by atoms with Crippen LogP contribution in [-0.2, 0) is 13.1 Å². The Kier molecular flexibility index (Phi) is 5.57. The maximum Gasteiger partial charge on any atom is 0.185 e. The number of hydrogen-bond donors (Lipinski definition) is 1. The van der Waals surface area contributed by atoms with Gasteiger partial charge in [0.05, 0.1) is 0 Å². The van der Waals surface area contributed by atoms with E-state index in [1.165, 1.54) is 20.2 Å². The summed E-state index contributed by atoms with van der Waals surface area (Å²) in [4.78, 5) is 10.9. The van der Waals surface area contributed by atoms with E-state index in [-0.39, 0.29) is 0 Å². The topological polar surface area (TPSA) is 28.2 Å². The van der Waals surface area contributed by atoms with E-state index in [0.29, 0.717) is 0 Å². The number of anilines is 1. The van der Waals surface area contributed by atoms with Crippen LogP contribution in [0.5, 0.6) is 0 Å². The fourth-order valence-corrected chi connectivity index (χ4v) is 4.09. The van der Waals surface area contributed by atoms with Crippen LogP contribution in [0.25, 0.3) is 0 Å². The smallest absolute Gasteiger partial charge is 0.185 e. The summed E-state index contributed by atoms with van der Waals surface area (Å²) in [6.45, 7) is 12.6. The molecule has 0 spiro atoms. The van der Waals surface area contributed by atoms with Gasteiger partial charge in [-0.15, -0.1) is 22.7 Å². The molecular formula is C15H23N3S2. The van der Waals surface area contributed by atoms with Crippen LogP contribution in [-0.4, -0.2) is 18.1 Å². The van der Waals surface area contributed by atoms with Crippen LogP contribution in [0.4, 0.5) is 5.13 Å². The molecule has 0 unspecified atom stereocenters. The van der Waals surface area contributed by atoms with Gasteiger partial charge >= 0.3 is 0 Å². The lowest BCUT2D eigenvalue weighted by molar-refractivity contribution is 0.707. The predicted octanol–water partition coefficient (Wildman–Crippen LogP) is 3.96. The Morgan fingerprint density at radius 3 is 2.40 bits per heavy atom.